The zero-order valence-electron chi connectivity index (χ0n) is 8.66. The number of aryl methyl sites for hydroxylation is 1. The normalized spacial score (nSPS) is 10.1. The lowest BCUT2D eigenvalue weighted by atomic mass is 10.2. The smallest absolute Gasteiger partial charge is 0.258 e. The molecule has 0 aliphatic rings. The fourth-order valence-electron chi connectivity index (χ4n) is 1.36. The maximum Gasteiger partial charge on any atom is 0.258 e. The van der Waals surface area contributed by atoms with Crippen molar-refractivity contribution in [3.63, 3.8) is 0 Å². The molecule has 1 heterocycles. The second-order valence-corrected chi connectivity index (χ2v) is 3.86. The largest absolute Gasteiger partial charge is 0.472 e. The predicted octanol–water partition coefficient (Wildman–Crippen LogP) is 3.49. The molecule has 3 nitrogen and oxygen atoms in total. The summed E-state index contributed by atoms with van der Waals surface area (Å²) >= 11 is 5.83. The van der Waals surface area contributed by atoms with Gasteiger partial charge in [-0.2, -0.15) is 0 Å². The fourth-order valence-corrected chi connectivity index (χ4v) is 1.58. The van der Waals surface area contributed by atoms with Crippen molar-refractivity contribution >= 4 is 23.2 Å². The van der Waals surface area contributed by atoms with Gasteiger partial charge in [-0.1, -0.05) is 11.6 Å². The number of benzene rings is 1. The summed E-state index contributed by atoms with van der Waals surface area (Å²) in [4.78, 5) is 11.7. The van der Waals surface area contributed by atoms with E-state index in [1.54, 1.807) is 24.3 Å². The number of halogens is 1. The summed E-state index contributed by atoms with van der Waals surface area (Å²) in [6, 6.07) is 6.92. The molecule has 1 aromatic heterocycles. The van der Waals surface area contributed by atoms with Gasteiger partial charge in [0.25, 0.3) is 5.91 Å². The van der Waals surface area contributed by atoms with Crippen molar-refractivity contribution in [2.75, 3.05) is 5.32 Å². The van der Waals surface area contributed by atoms with E-state index in [2.05, 4.69) is 5.32 Å². The maximum atomic E-state index is 11.7. The molecule has 0 radical (unpaired) electrons. The highest BCUT2D eigenvalue weighted by Crippen LogP contribution is 2.20. The minimum Gasteiger partial charge on any atom is -0.472 e. The monoisotopic (exact) mass is 235 g/mol. The molecule has 1 N–H and O–H groups in total. The zero-order chi connectivity index (χ0) is 11.5. The van der Waals surface area contributed by atoms with Crippen LogP contribution in [0.15, 0.2) is 41.2 Å². The zero-order valence-corrected chi connectivity index (χ0v) is 9.41. The standard InChI is InChI=1S/C12H10ClNO2/c1-8-6-10(13)2-3-11(8)14-12(15)9-4-5-16-7-9/h2-7H,1H3,(H,14,15). The highest BCUT2D eigenvalue weighted by molar-refractivity contribution is 6.30. The van der Waals surface area contributed by atoms with Crippen molar-refractivity contribution in [1.82, 2.24) is 0 Å². The molecule has 0 unspecified atom stereocenters. The van der Waals surface area contributed by atoms with Crippen LogP contribution in [0.25, 0.3) is 0 Å². The first-order valence-electron chi connectivity index (χ1n) is 4.76. The van der Waals surface area contributed by atoms with Gasteiger partial charge in [0.2, 0.25) is 0 Å². The number of hydrogen-bond acceptors (Lipinski definition) is 2. The number of carbonyl (C=O) groups is 1. The fraction of sp³-hybridized carbons (Fsp3) is 0.0833. The Hall–Kier alpha value is -1.74. The predicted molar refractivity (Wildman–Crippen MR) is 62.9 cm³/mol. The molecule has 0 saturated carbocycles. The van der Waals surface area contributed by atoms with Gasteiger partial charge in [-0.3, -0.25) is 4.79 Å². The lowest BCUT2D eigenvalue weighted by Gasteiger charge is -2.07. The number of nitrogens with one attached hydrogen (secondary N) is 1. The molecule has 0 aliphatic heterocycles. The second-order valence-electron chi connectivity index (χ2n) is 3.43. The van der Waals surface area contributed by atoms with Crippen molar-refractivity contribution in [2.24, 2.45) is 0 Å². The van der Waals surface area contributed by atoms with E-state index in [0.717, 1.165) is 11.3 Å². The van der Waals surface area contributed by atoms with Crippen LogP contribution in [0.1, 0.15) is 15.9 Å². The average molecular weight is 236 g/mol. The topological polar surface area (TPSA) is 42.2 Å². The summed E-state index contributed by atoms with van der Waals surface area (Å²) in [7, 11) is 0. The van der Waals surface area contributed by atoms with Crippen LogP contribution >= 0.6 is 11.6 Å². The van der Waals surface area contributed by atoms with Crippen LogP contribution in [0.5, 0.6) is 0 Å². The van der Waals surface area contributed by atoms with E-state index < -0.39 is 0 Å². The molecule has 0 aliphatic carbocycles. The lowest BCUT2D eigenvalue weighted by molar-refractivity contribution is 0.102. The molecule has 0 atom stereocenters. The van der Waals surface area contributed by atoms with E-state index >= 15 is 0 Å². The van der Waals surface area contributed by atoms with Gasteiger partial charge in [0.15, 0.2) is 0 Å². The van der Waals surface area contributed by atoms with Crippen LogP contribution in [-0.4, -0.2) is 5.91 Å². The van der Waals surface area contributed by atoms with E-state index in [1.165, 1.54) is 12.5 Å². The molecular weight excluding hydrogens is 226 g/mol. The van der Waals surface area contributed by atoms with Gasteiger partial charge < -0.3 is 9.73 Å². The van der Waals surface area contributed by atoms with Crippen LogP contribution in [0, 0.1) is 6.92 Å². The first-order chi connectivity index (χ1) is 7.66. The van der Waals surface area contributed by atoms with Gasteiger partial charge in [0.1, 0.15) is 6.26 Å². The Morgan fingerprint density at radius 1 is 1.38 bits per heavy atom. The Labute approximate surface area is 98.0 Å². The summed E-state index contributed by atoms with van der Waals surface area (Å²) in [5.41, 5.74) is 2.16. The second kappa shape index (κ2) is 4.41. The van der Waals surface area contributed by atoms with Crippen molar-refractivity contribution in [2.45, 2.75) is 6.92 Å². The quantitative estimate of drug-likeness (QED) is 0.866. The number of carbonyl (C=O) groups excluding carboxylic acids is 1. The SMILES string of the molecule is Cc1cc(Cl)ccc1NC(=O)c1ccoc1. The molecule has 0 fully saturated rings. The van der Waals surface area contributed by atoms with Crippen molar-refractivity contribution < 1.29 is 9.21 Å². The highest BCUT2D eigenvalue weighted by atomic mass is 35.5. The first kappa shape index (κ1) is 10.8. The van der Waals surface area contributed by atoms with E-state index in [-0.39, 0.29) is 5.91 Å². The first-order valence-corrected chi connectivity index (χ1v) is 5.14. The third-order valence-corrected chi connectivity index (χ3v) is 2.46. The summed E-state index contributed by atoms with van der Waals surface area (Å²) in [5.74, 6) is -0.195. The molecule has 16 heavy (non-hydrogen) atoms. The molecular formula is C12H10ClNO2. The van der Waals surface area contributed by atoms with Gasteiger partial charge in [-0.15, -0.1) is 0 Å². The number of amides is 1. The number of hydrogen-bond donors (Lipinski definition) is 1. The molecule has 0 bridgehead atoms. The number of furan rings is 1. The van der Waals surface area contributed by atoms with E-state index in [4.69, 9.17) is 16.0 Å². The molecule has 2 aromatic rings. The summed E-state index contributed by atoms with van der Waals surface area (Å²) in [5, 5.41) is 3.43. The third-order valence-electron chi connectivity index (χ3n) is 2.22. The Morgan fingerprint density at radius 2 is 2.19 bits per heavy atom. The van der Waals surface area contributed by atoms with Crippen LogP contribution in [0.2, 0.25) is 5.02 Å². The minimum atomic E-state index is -0.195. The van der Waals surface area contributed by atoms with E-state index in [9.17, 15) is 4.79 Å². The van der Waals surface area contributed by atoms with Crippen LogP contribution < -0.4 is 5.32 Å². The van der Waals surface area contributed by atoms with Gasteiger partial charge >= 0.3 is 0 Å². The average Bonchev–Trinajstić information content (AvgIpc) is 2.75. The van der Waals surface area contributed by atoms with Crippen LogP contribution in [0.4, 0.5) is 5.69 Å². The Kier molecular flexibility index (Phi) is 2.97. The summed E-state index contributed by atoms with van der Waals surface area (Å²) < 4.78 is 4.84. The summed E-state index contributed by atoms with van der Waals surface area (Å²) in [6.45, 7) is 1.89. The Balaban J connectivity index is 2.18. The minimum absolute atomic E-state index is 0.195. The molecule has 0 spiro atoms. The molecule has 1 aromatic carbocycles. The highest BCUT2D eigenvalue weighted by Gasteiger charge is 2.08. The van der Waals surface area contributed by atoms with Gasteiger partial charge in [-0.25, -0.2) is 0 Å². The van der Waals surface area contributed by atoms with Crippen LogP contribution in [-0.2, 0) is 0 Å². The van der Waals surface area contributed by atoms with Crippen LogP contribution in [0.3, 0.4) is 0 Å². The van der Waals surface area contributed by atoms with Crippen molar-refractivity contribution in [3.05, 3.63) is 52.9 Å². The van der Waals surface area contributed by atoms with E-state index in [0.29, 0.717) is 10.6 Å². The van der Waals surface area contributed by atoms with Gasteiger partial charge in [0, 0.05) is 10.7 Å². The molecule has 0 saturated heterocycles. The molecule has 4 heteroatoms. The van der Waals surface area contributed by atoms with E-state index in [1.807, 2.05) is 6.92 Å². The van der Waals surface area contributed by atoms with Crippen molar-refractivity contribution in [3.8, 4) is 0 Å². The molecule has 2 rings (SSSR count). The lowest BCUT2D eigenvalue weighted by Crippen LogP contribution is -2.11. The molecule has 1 amide bonds. The van der Waals surface area contributed by atoms with Crippen molar-refractivity contribution in [1.29, 1.82) is 0 Å². The maximum absolute atomic E-state index is 11.7. The van der Waals surface area contributed by atoms with Gasteiger partial charge in [-0.05, 0) is 36.8 Å². The molecule has 82 valence electrons. The Morgan fingerprint density at radius 3 is 2.81 bits per heavy atom. The van der Waals surface area contributed by atoms with Gasteiger partial charge in [0.05, 0.1) is 11.8 Å². The third kappa shape index (κ3) is 2.25. The number of rotatable bonds is 2. The Bertz CT molecular complexity index is 506. The summed E-state index contributed by atoms with van der Waals surface area (Å²) in [6.07, 6.45) is 2.87. The number of anilines is 1.